The Morgan fingerprint density at radius 3 is 2.78 bits per heavy atom. The second-order valence-electron chi connectivity index (χ2n) is 4.96. The van der Waals surface area contributed by atoms with Gasteiger partial charge in [0.2, 0.25) is 0 Å². The van der Waals surface area contributed by atoms with Gasteiger partial charge >= 0.3 is 0 Å². The number of hydrogen-bond acceptors (Lipinski definition) is 3. The van der Waals surface area contributed by atoms with Crippen molar-refractivity contribution in [2.75, 3.05) is 6.54 Å². The van der Waals surface area contributed by atoms with E-state index in [0.717, 1.165) is 31.2 Å². The Bertz CT molecular complexity index is 461. The van der Waals surface area contributed by atoms with E-state index in [2.05, 4.69) is 5.32 Å². The Morgan fingerprint density at radius 2 is 2.11 bits per heavy atom. The molecular weight excluding hydrogens is 231 g/mol. The molecule has 1 aromatic carbocycles. The molecule has 0 heterocycles. The molecular formula is C14H17FN2O. The standard InChI is InChI=1S/C14H17FN2O/c15-13-4-3-11(7-12(13)8-16)9-17-10-14(18)5-1-2-6-14/h3-4,7,17-18H,1-2,5-6,9-10H2. The maximum atomic E-state index is 13.1. The number of benzene rings is 1. The Kier molecular flexibility index (Phi) is 3.95. The van der Waals surface area contributed by atoms with Crippen LogP contribution in [0.1, 0.15) is 36.8 Å². The molecule has 2 N–H and O–H groups in total. The van der Waals surface area contributed by atoms with Crippen LogP contribution in [0.5, 0.6) is 0 Å². The van der Waals surface area contributed by atoms with Crippen LogP contribution >= 0.6 is 0 Å². The highest BCUT2D eigenvalue weighted by atomic mass is 19.1. The van der Waals surface area contributed by atoms with Gasteiger partial charge in [0, 0.05) is 13.1 Å². The first-order chi connectivity index (χ1) is 8.63. The van der Waals surface area contributed by atoms with E-state index in [9.17, 15) is 9.50 Å². The minimum Gasteiger partial charge on any atom is -0.389 e. The highest BCUT2D eigenvalue weighted by molar-refractivity contribution is 5.34. The molecule has 0 atom stereocenters. The van der Waals surface area contributed by atoms with Gasteiger partial charge in [-0.2, -0.15) is 5.26 Å². The molecule has 1 aliphatic carbocycles. The van der Waals surface area contributed by atoms with Gasteiger partial charge in [0.15, 0.2) is 0 Å². The Morgan fingerprint density at radius 1 is 1.39 bits per heavy atom. The number of nitriles is 1. The molecule has 2 rings (SSSR count). The van der Waals surface area contributed by atoms with Crippen molar-refractivity contribution in [3.8, 4) is 6.07 Å². The predicted octanol–water partition coefficient (Wildman–Crippen LogP) is 2.09. The van der Waals surface area contributed by atoms with E-state index >= 15 is 0 Å². The fourth-order valence-electron chi connectivity index (χ4n) is 2.42. The molecule has 3 nitrogen and oxygen atoms in total. The van der Waals surface area contributed by atoms with E-state index in [-0.39, 0.29) is 5.56 Å². The van der Waals surface area contributed by atoms with Crippen LogP contribution in [0.15, 0.2) is 18.2 Å². The lowest BCUT2D eigenvalue weighted by Gasteiger charge is -2.22. The lowest BCUT2D eigenvalue weighted by molar-refractivity contribution is 0.0475. The van der Waals surface area contributed by atoms with Crippen LogP contribution in [0.2, 0.25) is 0 Å². The molecule has 0 spiro atoms. The number of aliphatic hydroxyl groups is 1. The van der Waals surface area contributed by atoms with Gasteiger partial charge in [-0.1, -0.05) is 18.9 Å². The van der Waals surface area contributed by atoms with Gasteiger partial charge in [0.1, 0.15) is 11.9 Å². The maximum Gasteiger partial charge on any atom is 0.140 e. The second kappa shape index (κ2) is 5.47. The largest absolute Gasteiger partial charge is 0.389 e. The number of halogens is 1. The summed E-state index contributed by atoms with van der Waals surface area (Å²) in [4.78, 5) is 0. The molecule has 1 saturated carbocycles. The fourth-order valence-corrected chi connectivity index (χ4v) is 2.42. The third-order valence-corrected chi connectivity index (χ3v) is 3.47. The second-order valence-corrected chi connectivity index (χ2v) is 4.96. The monoisotopic (exact) mass is 248 g/mol. The summed E-state index contributed by atoms with van der Waals surface area (Å²) in [5.41, 5.74) is 0.335. The predicted molar refractivity (Wildman–Crippen MR) is 66.2 cm³/mol. The van der Waals surface area contributed by atoms with Gasteiger partial charge in [-0.3, -0.25) is 0 Å². The molecule has 0 amide bonds. The van der Waals surface area contributed by atoms with E-state index in [1.165, 1.54) is 6.07 Å². The normalized spacial score (nSPS) is 17.6. The molecule has 4 heteroatoms. The fraction of sp³-hybridized carbons (Fsp3) is 0.500. The summed E-state index contributed by atoms with van der Waals surface area (Å²) in [7, 11) is 0. The molecule has 1 fully saturated rings. The quantitative estimate of drug-likeness (QED) is 0.857. The molecule has 0 saturated heterocycles. The lowest BCUT2D eigenvalue weighted by Crippen LogP contribution is -2.37. The van der Waals surface area contributed by atoms with Crippen LogP contribution in [-0.4, -0.2) is 17.3 Å². The highest BCUT2D eigenvalue weighted by Crippen LogP contribution is 2.28. The SMILES string of the molecule is N#Cc1cc(CNCC2(O)CCCC2)ccc1F. The van der Waals surface area contributed by atoms with Gasteiger partial charge in [0.25, 0.3) is 0 Å². The lowest BCUT2D eigenvalue weighted by atomic mass is 10.0. The molecule has 0 bridgehead atoms. The van der Waals surface area contributed by atoms with Gasteiger partial charge in [-0.05, 0) is 30.5 Å². The summed E-state index contributed by atoms with van der Waals surface area (Å²) in [6.07, 6.45) is 3.83. The zero-order valence-electron chi connectivity index (χ0n) is 10.2. The Balaban J connectivity index is 1.89. The zero-order valence-corrected chi connectivity index (χ0v) is 10.2. The molecule has 18 heavy (non-hydrogen) atoms. The zero-order chi connectivity index (χ0) is 13.0. The molecule has 96 valence electrons. The maximum absolute atomic E-state index is 13.1. The van der Waals surface area contributed by atoms with Crippen LogP contribution in [0.3, 0.4) is 0 Å². The topological polar surface area (TPSA) is 56.0 Å². The van der Waals surface area contributed by atoms with Crippen molar-refractivity contribution in [1.82, 2.24) is 5.32 Å². The van der Waals surface area contributed by atoms with E-state index in [1.807, 2.05) is 6.07 Å². The molecule has 0 unspecified atom stereocenters. The van der Waals surface area contributed by atoms with E-state index in [1.54, 1.807) is 12.1 Å². The van der Waals surface area contributed by atoms with E-state index in [0.29, 0.717) is 13.1 Å². The first-order valence-electron chi connectivity index (χ1n) is 6.25. The number of rotatable bonds is 4. The average Bonchev–Trinajstić information content (AvgIpc) is 2.78. The Labute approximate surface area is 106 Å². The van der Waals surface area contributed by atoms with E-state index in [4.69, 9.17) is 5.26 Å². The van der Waals surface area contributed by atoms with E-state index < -0.39 is 11.4 Å². The van der Waals surface area contributed by atoms with Gasteiger partial charge in [-0.25, -0.2) is 4.39 Å². The van der Waals surface area contributed by atoms with Crippen molar-refractivity contribution in [3.63, 3.8) is 0 Å². The first kappa shape index (κ1) is 13.0. The van der Waals surface area contributed by atoms with Crippen LogP contribution in [-0.2, 0) is 6.54 Å². The molecule has 0 radical (unpaired) electrons. The van der Waals surface area contributed by atoms with Gasteiger partial charge in [0.05, 0.1) is 11.2 Å². The van der Waals surface area contributed by atoms with Crippen molar-refractivity contribution in [1.29, 1.82) is 5.26 Å². The summed E-state index contributed by atoms with van der Waals surface area (Å²) >= 11 is 0. The third-order valence-electron chi connectivity index (χ3n) is 3.47. The molecule has 1 aromatic rings. The van der Waals surface area contributed by atoms with Gasteiger partial charge in [-0.15, -0.1) is 0 Å². The van der Waals surface area contributed by atoms with Crippen molar-refractivity contribution in [2.45, 2.75) is 37.8 Å². The Hall–Kier alpha value is -1.44. The average molecular weight is 248 g/mol. The first-order valence-corrected chi connectivity index (χ1v) is 6.25. The minimum atomic E-state index is -0.585. The number of nitrogens with one attached hydrogen (secondary N) is 1. The summed E-state index contributed by atoms with van der Waals surface area (Å²) in [6.45, 7) is 1.09. The minimum absolute atomic E-state index is 0.0638. The van der Waals surface area contributed by atoms with Crippen LogP contribution < -0.4 is 5.32 Å². The van der Waals surface area contributed by atoms with Gasteiger partial charge < -0.3 is 10.4 Å². The highest BCUT2D eigenvalue weighted by Gasteiger charge is 2.30. The number of nitrogens with zero attached hydrogens (tertiary/aromatic N) is 1. The van der Waals surface area contributed by atoms with Crippen LogP contribution in [0.25, 0.3) is 0 Å². The summed E-state index contributed by atoms with van der Waals surface area (Å²) in [5.74, 6) is -0.490. The van der Waals surface area contributed by atoms with Crippen molar-refractivity contribution in [2.24, 2.45) is 0 Å². The summed E-state index contributed by atoms with van der Waals surface area (Å²) in [6, 6.07) is 6.33. The summed E-state index contributed by atoms with van der Waals surface area (Å²) in [5, 5.41) is 22.0. The third kappa shape index (κ3) is 3.06. The molecule has 0 aromatic heterocycles. The number of hydrogen-bond donors (Lipinski definition) is 2. The van der Waals surface area contributed by atoms with Crippen molar-refractivity contribution >= 4 is 0 Å². The van der Waals surface area contributed by atoms with Crippen molar-refractivity contribution < 1.29 is 9.50 Å². The molecule has 1 aliphatic rings. The van der Waals surface area contributed by atoms with Crippen LogP contribution in [0.4, 0.5) is 4.39 Å². The smallest absolute Gasteiger partial charge is 0.140 e. The van der Waals surface area contributed by atoms with Crippen molar-refractivity contribution in [3.05, 3.63) is 35.1 Å². The molecule has 0 aliphatic heterocycles. The summed E-state index contributed by atoms with van der Waals surface area (Å²) < 4.78 is 13.1. The van der Waals surface area contributed by atoms with Crippen LogP contribution in [0, 0.1) is 17.1 Å².